The largest absolute Gasteiger partial charge is 0.433 e. The second kappa shape index (κ2) is 8.40. The van der Waals surface area contributed by atoms with Crippen molar-refractivity contribution in [2.24, 2.45) is 7.05 Å². The highest BCUT2D eigenvalue weighted by Crippen LogP contribution is 2.37. The molecule has 4 aromatic rings. The van der Waals surface area contributed by atoms with E-state index in [-0.39, 0.29) is 5.52 Å². The molecule has 33 heavy (non-hydrogen) atoms. The van der Waals surface area contributed by atoms with Crippen LogP contribution in [0.3, 0.4) is 0 Å². The van der Waals surface area contributed by atoms with Gasteiger partial charge in [0.05, 0.1) is 22.8 Å². The van der Waals surface area contributed by atoms with Crippen LogP contribution >= 0.6 is 11.8 Å². The van der Waals surface area contributed by atoms with Crippen LogP contribution in [0.1, 0.15) is 18.2 Å². The van der Waals surface area contributed by atoms with Gasteiger partial charge in [-0.15, -0.1) is 11.8 Å². The van der Waals surface area contributed by atoms with Crippen LogP contribution in [0, 0.1) is 0 Å². The maximum absolute atomic E-state index is 13.0. The molecule has 0 saturated heterocycles. The van der Waals surface area contributed by atoms with Crippen LogP contribution in [-0.2, 0) is 19.4 Å². The summed E-state index contributed by atoms with van der Waals surface area (Å²) in [4.78, 5) is 8.75. The van der Waals surface area contributed by atoms with E-state index in [9.17, 15) is 26.3 Å². The summed E-state index contributed by atoms with van der Waals surface area (Å²) < 4.78 is 79.4. The molecule has 2 heterocycles. The number of imidazole rings is 1. The first-order valence-electron chi connectivity index (χ1n) is 9.83. The molecule has 0 aliphatic rings. The quantitative estimate of drug-likeness (QED) is 0.224. The summed E-state index contributed by atoms with van der Waals surface area (Å²) in [5.74, 6) is 1.19. The minimum atomic E-state index is -4.57. The summed E-state index contributed by atoms with van der Waals surface area (Å²) in [7, 11) is 1.70. The molecule has 0 aliphatic carbocycles. The van der Waals surface area contributed by atoms with Crippen molar-refractivity contribution in [3.63, 3.8) is 0 Å². The Bertz CT molecular complexity index is 1310. The molecule has 3 nitrogen and oxygen atoms in total. The predicted octanol–water partition coefficient (Wildman–Crippen LogP) is 7.45. The Morgan fingerprint density at radius 2 is 1.55 bits per heavy atom. The number of hydrogen-bond donors (Lipinski definition) is 0. The fourth-order valence-corrected chi connectivity index (χ4v) is 4.33. The third-order valence-corrected chi connectivity index (χ3v) is 6.06. The van der Waals surface area contributed by atoms with Crippen molar-refractivity contribution in [2.45, 2.75) is 24.2 Å². The van der Waals surface area contributed by atoms with Crippen LogP contribution in [0.4, 0.5) is 26.3 Å². The van der Waals surface area contributed by atoms with E-state index in [2.05, 4.69) is 9.97 Å². The van der Waals surface area contributed by atoms with E-state index >= 15 is 0 Å². The minimum Gasteiger partial charge on any atom is -0.326 e. The molecular weight excluding hydrogens is 464 g/mol. The number of aryl methyl sites for hydroxylation is 1. The third-order valence-electron chi connectivity index (χ3n) is 5.13. The van der Waals surface area contributed by atoms with Crippen molar-refractivity contribution >= 4 is 22.8 Å². The van der Waals surface area contributed by atoms with Crippen molar-refractivity contribution in [1.29, 1.82) is 0 Å². The maximum atomic E-state index is 13.0. The van der Waals surface area contributed by atoms with E-state index in [0.29, 0.717) is 28.2 Å². The molecule has 0 fully saturated rings. The van der Waals surface area contributed by atoms with Crippen molar-refractivity contribution in [1.82, 2.24) is 14.5 Å². The average Bonchev–Trinajstić information content (AvgIpc) is 3.08. The van der Waals surface area contributed by atoms with Crippen LogP contribution in [0.15, 0.2) is 59.6 Å². The zero-order valence-corrected chi connectivity index (χ0v) is 18.2. The Morgan fingerprint density at radius 1 is 0.879 bits per heavy atom. The molecule has 172 valence electrons. The van der Waals surface area contributed by atoms with Gasteiger partial charge in [0.2, 0.25) is 0 Å². The molecule has 0 bridgehead atoms. The summed E-state index contributed by atoms with van der Waals surface area (Å²) in [5.41, 5.74) is 0.953. The highest BCUT2D eigenvalue weighted by Gasteiger charge is 2.33. The normalized spacial score (nSPS) is 12.5. The topological polar surface area (TPSA) is 30.7 Å². The Balaban J connectivity index is 1.78. The molecule has 4 rings (SSSR count). The molecule has 0 N–H and O–H groups in total. The van der Waals surface area contributed by atoms with Gasteiger partial charge in [-0.05, 0) is 47.2 Å². The first-order valence-corrected chi connectivity index (χ1v) is 10.8. The first-order chi connectivity index (χ1) is 15.5. The fourth-order valence-electron chi connectivity index (χ4n) is 3.50. The summed E-state index contributed by atoms with van der Waals surface area (Å²) in [6.45, 7) is 1.95. The lowest BCUT2D eigenvalue weighted by Gasteiger charge is -2.12. The van der Waals surface area contributed by atoms with Crippen LogP contribution in [-0.4, -0.2) is 20.3 Å². The maximum Gasteiger partial charge on any atom is 0.433 e. The number of benzene rings is 2. The molecule has 2 aromatic heterocycles. The van der Waals surface area contributed by atoms with Crippen LogP contribution < -0.4 is 0 Å². The fraction of sp³-hybridized carbons (Fsp3) is 0.217. The van der Waals surface area contributed by atoms with Crippen molar-refractivity contribution in [3.8, 4) is 22.5 Å². The lowest BCUT2D eigenvalue weighted by atomic mass is 10.0. The van der Waals surface area contributed by atoms with Crippen molar-refractivity contribution in [3.05, 3.63) is 66.0 Å². The Kier molecular flexibility index (Phi) is 5.90. The molecule has 0 unspecified atom stereocenters. The number of aromatic nitrogens is 3. The number of halogens is 6. The molecule has 0 saturated carbocycles. The highest BCUT2D eigenvalue weighted by molar-refractivity contribution is 7.99. The molecule has 0 amide bonds. The lowest BCUT2D eigenvalue weighted by molar-refractivity contribution is -0.141. The zero-order valence-electron chi connectivity index (χ0n) is 17.4. The number of fused-ring (bicyclic) bond motifs is 1. The first kappa shape index (κ1) is 23.2. The van der Waals surface area contributed by atoms with Crippen LogP contribution in [0.25, 0.3) is 33.5 Å². The van der Waals surface area contributed by atoms with E-state index < -0.39 is 23.6 Å². The van der Waals surface area contributed by atoms with Gasteiger partial charge in [-0.2, -0.15) is 26.3 Å². The summed E-state index contributed by atoms with van der Waals surface area (Å²) in [5, 5.41) is 0. The van der Waals surface area contributed by atoms with Gasteiger partial charge in [-0.3, -0.25) is 0 Å². The predicted molar refractivity (Wildman–Crippen MR) is 116 cm³/mol. The van der Waals surface area contributed by atoms with Crippen LogP contribution in [0.2, 0.25) is 0 Å². The average molecular weight is 481 g/mol. The number of rotatable bonds is 4. The molecule has 2 aromatic carbocycles. The number of nitrogens with zero attached hydrogens (tertiary/aromatic N) is 3. The minimum absolute atomic E-state index is 0.175. The van der Waals surface area contributed by atoms with Gasteiger partial charge in [-0.25, -0.2) is 9.97 Å². The van der Waals surface area contributed by atoms with Gasteiger partial charge < -0.3 is 4.57 Å². The summed E-state index contributed by atoms with van der Waals surface area (Å²) in [6.07, 6.45) is -7.83. The second-order valence-electron chi connectivity index (χ2n) is 7.27. The van der Waals surface area contributed by atoms with Gasteiger partial charge in [0.1, 0.15) is 11.5 Å². The van der Waals surface area contributed by atoms with Crippen molar-refractivity contribution < 1.29 is 26.3 Å². The van der Waals surface area contributed by atoms with Crippen LogP contribution in [0.5, 0.6) is 0 Å². The second-order valence-corrected chi connectivity index (χ2v) is 8.58. The van der Waals surface area contributed by atoms with Gasteiger partial charge in [0, 0.05) is 17.5 Å². The van der Waals surface area contributed by atoms with E-state index in [1.807, 2.05) is 13.0 Å². The van der Waals surface area contributed by atoms with E-state index in [0.717, 1.165) is 34.9 Å². The number of alkyl halides is 6. The Morgan fingerprint density at radius 3 is 2.15 bits per heavy atom. The Hall–Kier alpha value is -3.01. The van der Waals surface area contributed by atoms with Gasteiger partial charge in [-0.1, -0.05) is 25.1 Å². The van der Waals surface area contributed by atoms with Gasteiger partial charge >= 0.3 is 12.4 Å². The molecule has 0 atom stereocenters. The smallest absolute Gasteiger partial charge is 0.326 e. The summed E-state index contributed by atoms with van der Waals surface area (Å²) >= 11 is 1.51. The lowest BCUT2D eigenvalue weighted by Crippen LogP contribution is -2.07. The molecular formula is C23H17F6N3S. The number of hydrogen-bond acceptors (Lipinski definition) is 3. The highest BCUT2D eigenvalue weighted by atomic mass is 32.2. The van der Waals surface area contributed by atoms with Gasteiger partial charge in [0.25, 0.3) is 0 Å². The molecule has 0 spiro atoms. The zero-order chi connectivity index (χ0) is 24.0. The molecule has 0 aliphatic heterocycles. The van der Waals surface area contributed by atoms with E-state index in [1.165, 1.54) is 23.9 Å². The van der Waals surface area contributed by atoms with Crippen molar-refractivity contribution in [2.75, 3.05) is 5.75 Å². The summed E-state index contributed by atoms with van der Waals surface area (Å²) in [6, 6.07) is 11.2. The third kappa shape index (κ3) is 4.57. The molecule has 10 heteroatoms. The van der Waals surface area contributed by atoms with Gasteiger partial charge in [0.15, 0.2) is 0 Å². The Labute approximate surface area is 189 Å². The van der Waals surface area contributed by atoms with E-state index in [4.69, 9.17) is 0 Å². The number of thioether (sulfide) groups is 1. The van der Waals surface area contributed by atoms with E-state index in [1.54, 1.807) is 23.7 Å². The monoisotopic (exact) mass is 481 g/mol. The standard InChI is InChI=1S/C23H17F6N3S/c1-3-33-19-10-14(13-4-7-15(8-5-13)22(24,25)26)6-9-16(19)21-31-17-11-20(23(27,28)29)30-12-18(17)32(21)2/h4-12H,3H2,1-2H3. The molecule has 0 radical (unpaired) electrons. The number of pyridine rings is 1. The SMILES string of the molecule is CCSc1cc(-c2ccc(C(F)(F)F)cc2)ccc1-c1nc2cc(C(F)(F)F)ncc2n1C.